The van der Waals surface area contributed by atoms with E-state index in [9.17, 15) is 4.79 Å². The van der Waals surface area contributed by atoms with E-state index >= 15 is 0 Å². The maximum atomic E-state index is 12.6. The number of aromatic nitrogens is 1. The molecule has 1 amide bonds. The fourth-order valence-electron chi connectivity index (χ4n) is 2.52. The lowest BCUT2D eigenvalue weighted by Crippen LogP contribution is -2.36. The summed E-state index contributed by atoms with van der Waals surface area (Å²) in [6.45, 7) is 0.720. The van der Waals surface area contributed by atoms with Crippen molar-refractivity contribution in [3.05, 3.63) is 53.7 Å². The molecule has 1 aliphatic rings. The third kappa shape index (κ3) is 2.23. The van der Waals surface area contributed by atoms with Gasteiger partial charge in [0.25, 0.3) is 5.91 Å². The number of hydrogen-bond acceptors (Lipinski definition) is 4. The third-order valence-corrected chi connectivity index (χ3v) is 3.47. The highest BCUT2D eigenvalue weighted by Crippen LogP contribution is 2.27. The molecular weight excluding hydrogens is 252 g/mol. The molecule has 3 rings (SSSR count). The zero-order valence-electron chi connectivity index (χ0n) is 11.0. The van der Waals surface area contributed by atoms with Crippen molar-refractivity contribution in [3.63, 3.8) is 0 Å². The van der Waals surface area contributed by atoms with E-state index in [1.807, 2.05) is 18.2 Å². The topological polar surface area (TPSA) is 71.2 Å². The van der Waals surface area contributed by atoms with E-state index in [-0.39, 0.29) is 5.91 Å². The third-order valence-electron chi connectivity index (χ3n) is 3.47. The van der Waals surface area contributed by atoms with Crippen LogP contribution in [0.5, 0.6) is 0 Å². The number of hydrogen-bond donors (Lipinski definition) is 2. The number of hydrazine groups is 1. The van der Waals surface area contributed by atoms with Crippen molar-refractivity contribution < 1.29 is 4.79 Å². The van der Waals surface area contributed by atoms with E-state index in [1.54, 1.807) is 23.1 Å². The molecule has 20 heavy (non-hydrogen) atoms. The number of carbonyl (C=O) groups is 1. The van der Waals surface area contributed by atoms with Crippen LogP contribution in [-0.4, -0.2) is 17.4 Å². The summed E-state index contributed by atoms with van der Waals surface area (Å²) >= 11 is 0. The molecule has 0 unspecified atom stereocenters. The van der Waals surface area contributed by atoms with Gasteiger partial charge in [-0.05, 0) is 36.6 Å². The minimum Gasteiger partial charge on any atom is -0.308 e. The minimum absolute atomic E-state index is 0.0887. The molecule has 1 aromatic carbocycles. The van der Waals surface area contributed by atoms with Gasteiger partial charge in [-0.2, -0.15) is 0 Å². The Hall–Kier alpha value is -2.40. The summed E-state index contributed by atoms with van der Waals surface area (Å²) in [5.74, 6) is 5.73. The van der Waals surface area contributed by atoms with Gasteiger partial charge < -0.3 is 10.3 Å². The molecule has 5 nitrogen and oxygen atoms in total. The quantitative estimate of drug-likeness (QED) is 0.645. The van der Waals surface area contributed by atoms with Crippen LogP contribution in [0, 0.1) is 0 Å². The smallest absolute Gasteiger partial charge is 0.276 e. The van der Waals surface area contributed by atoms with E-state index in [4.69, 9.17) is 5.84 Å². The molecule has 2 aromatic rings. The second kappa shape index (κ2) is 5.30. The Kier molecular flexibility index (Phi) is 3.35. The maximum absolute atomic E-state index is 12.6. The average Bonchev–Trinajstić information content (AvgIpc) is 2.53. The van der Waals surface area contributed by atoms with Crippen LogP contribution in [-0.2, 0) is 6.42 Å². The summed E-state index contributed by atoms with van der Waals surface area (Å²) in [6.07, 6.45) is 1.98. The summed E-state index contributed by atoms with van der Waals surface area (Å²) in [6, 6.07) is 13.2. The number of amides is 1. The van der Waals surface area contributed by atoms with Gasteiger partial charge in [0, 0.05) is 12.2 Å². The molecule has 3 N–H and O–H groups in total. The molecule has 1 aromatic heterocycles. The molecule has 0 aliphatic carbocycles. The number of nitrogens with zero attached hydrogens (tertiary/aromatic N) is 2. The van der Waals surface area contributed by atoms with Crippen molar-refractivity contribution in [2.24, 2.45) is 5.84 Å². The van der Waals surface area contributed by atoms with Gasteiger partial charge in [-0.15, -0.1) is 0 Å². The van der Waals surface area contributed by atoms with Crippen molar-refractivity contribution >= 4 is 17.4 Å². The van der Waals surface area contributed by atoms with Crippen LogP contribution in [0.2, 0.25) is 0 Å². The molecule has 0 radical (unpaired) electrons. The number of nitrogen functional groups attached to an aromatic ring is 1. The molecule has 0 atom stereocenters. The van der Waals surface area contributed by atoms with E-state index in [1.165, 1.54) is 5.56 Å². The van der Waals surface area contributed by atoms with E-state index in [0.29, 0.717) is 11.5 Å². The van der Waals surface area contributed by atoms with Gasteiger partial charge >= 0.3 is 0 Å². The molecular formula is C15H16N4O. The predicted octanol–water partition coefficient (Wildman–Crippen LogP) is 1.96. The van der Waals surface area contributed by atoms with Crippen LogP contribution in [0.3, 0.4) is 0 Å². The van der Waals surface area contributed by atoms with E-state index < -0.39 is 0 Å². The van der Waals surface area contributed by atoms with Gasteiger partial charge in [-0.3, -0.25) is 4.79 Å². The lowest BCUT2D eigenvalue weighted by molar-refractivity contribution is 0.0980. The molecule has 0 saturated carbocycles. The van der Waals surface area contributed by atoms with Crippen LogP contribution >= 0.6 is 0 Å². The number of carbonyl (C=O) groups excluding carboxylic acids is 1. The van der Waals surface area contributed by atoms with Crippen molar-refractivity contribution in [3.8, 4) is 0 Å². The Labute approximate surface area is 117 Å². The van der Waals surface area contributed by atoms with Crippen LogP contribution in [0.4, 0.5) is 11.5 Å². The first-order chi connectivity index (χ1) is 9.79. The molecule has 102 valence electrons. The van der Waals surface area contributed by atoms with Gasteiger partial charge in [0.05, 0.1) is 0 Å². The number of fused-ring (bicyclic) bond motifs is 1. The summed E-state index contributed by atoms with van der Waals surface area (Å²) in [4.78, 5) is 18.6. The van der Waals surface area contributed by atoms with Crippen LogP contribution in [0.15, 0.2) is 42.5 Å². The lowest BCUT2D eigenvalue weighted by Gasteiger charge is -2.29. The van der Waals surface area contributed by atoms with Gasteiger partial charge in [-0.1, -0.05) is 24.3 Å². The normalized spacial score (nSPS) is 13.8. The first-order valence-corrected chi connectivity index (χ1v) is 6.63. The van der Waals surface area contributed by atoms with E-state index in [0.717, 1.165) is 25.1 Å². The van der Waals surface area contributed by atoms with Crippen LogP contribution in [0.1, 0.15) is 22.5 Å². The van der Waals surface area contributed by atoms with E-state index in [2.05, 4.69) is 16.5 Å². The first-order valence-electron chi connectivity index (χ1n) is 6.63. The standard InChI is InChI=1S/C15H16N4O/c16-18-14-9-3-7-12(17-14)15(20)19-10-4-6-11-5-1-2-8-13(11)19/h1-3,5,7-9H,4,6,10,16H2,(H,17,18). The monoisotopic (exact) mass is 268 g/mol. The fourth-order valence-corrected chi connectivity index (χ4v) is 2.52. The van der Waals surface area contributed by atoms with Gasteiger partial charge in [0.15, 0.2) is 0 Å². The highest BCUT2D eigenvalue weighted by Gasteiger charge is 2.24. The molecule has 1 aliphatic heterocycles. The SMILES string of the molecule is NNc1cccc(C(=O)N2CCCc3ccccc32)n1. The highest BCUT2D eigenvalue weighted by atomic mass is 16.2. The average molecular weight is 268 g/mol. The first kappa shape index (κ1) is 12.6. The molecule has 5 heteroatoms. The van der Waals surface area contributed by atoms with Gasteiger partial charge in [0.1, 0.15) is 11.5 Å². The molecule has 0 fully saturated rings. The number of rotatable bonds is 2. The minimum atomic E-state index is -0.0887. The summed E-state index contributed by atoms with van der Waals surface area (Å²) in [5, 5.41) is 0. The Bertz CT molecular complexity index is 641. The van der Waals surface area contributed by atoms with Crippen molar-refractivity contribution in [2.45, 2.75) is 12.8 Å². The summed E-state index contributed by atoms with van der Waals surface area (Å²) in [7, 11) is 0. The molecule has 0 saturated heterocycles. The summed E-state index contributed by atoms with van der Waals surface area (Å²) in [5.41, 5.74) is 5.05. The highest BCUT2D eigenvalue weighted by molar-refractivity contribution is 6.05. The zero-order valence-corrected chi connectivity index (χ0v) is 11.0. The second-order valence-corrected chi connectivity index (χ2v) is 4.74. The van der Waals surface area contributed by atoms with Gasteiger partial charge in [-0.25, -0.2) is 10.8 Å². The van der Waals surface area contributed by atoms with Gasteiger partial charge in [0.2, 0.25) is 0 Å². The Balaban J connectivity index is 1.95. The predicted molar refractivity (Wildman–Crippen MR) is 78.5 cm³/mol. The Morgan fingerprint density at radius 3 is 2.90 bits per heavy atom. The number of pyridine rings is 1. The molecule has 2 heterocycles. The van der Waals surface area contributed by atoms with Crippen LogP contribution < -0.4 is 16.2 Å². The number of nitrogens with two attached hydrogens (primary N) is 1. The van der Waals surface area contributed by atoms with Crippen molar-refractivity contribution in [2.75, 3.05) is 16.9 Å². The molecule has 0 spiro atoms. The second-order valence-electron chi connectivity index (χ2n) is 4.74. The number of anilines is 2. The Morgan fingerprint density at radius 1 is 1.20 bits per heavy atom. The Morgan fingerprint density at radius 2 is 2.05 bits per heavy atom. The number of benzene rings is 1. The van der Waals surface area contributed by atoms with Crippen LogP contribution in [0.25, 0.3) is 0 Å². The zero-order chi connectivity index (χ0) is 13.9. The number of nitrogens with one attached hydrogen (secondary N) is 1. The maximum Gasteiger partial charge on any atom is 0.276 e. The number of para-hydroxylation sites is 1. The number of aryl methyl sites for hydroxylation is 1. The summed E-state index contributed by atoms with van der Waals surface area (Å²) < 4.78 is 0. The largest absolute Gasteiger partial charge is 0.308 e. The van der Waals surface area contributed by atoms with Crippen molar-refractivity contribution in [1.82, 2.24) is 4.98 Å². The lowest BCUT2D eigenvalue weighted by atomic mass is 10.0. The van der Waals surface area contributed by atoms with Crippen molar-refractivity contribution in [1.29, 1.82) is 0 Å². The fraction of sp³-hybridized carbons (Fsp3) is 0.200. The molecule has 0 bridgehead atoms.